The van der Waals surface area contributed by atoms with Crippen molar-refractivity contribution in [1.29, 1.82) is 0 Å². The van der Waals surface area contributed by atoms with Crippen LogP contribution in [0.3, 0.4) is 0 Å². The van der Waals surface area contributed by atoms with Crippen LogP contribution in [0.1, 0.15) is 26.5 Å². The molecule has 0 spiro atoms. The highest BCUT2D eigenvalue weighted by Crippen LogP contribution is 2.32. The molecule has 0 bridgehead atoms. The quantitative estimate of drug-likeness (QED) is 0.622. The third-order valence-electron chi connectivity index (χ3n) is 4.32. The average Bonchev–Trinajstić information content (AvgIpc) is 2.75. The van der Waals surface area contributed by atoms with E-state index in [0.29, 0.717) is 10.8 Å². The lowest BCUT2D eigenvalue weighted by molar-refractivity contribution is -0.135. The Bertz CT molecular complexity index is 1100. The van der Waals surface area contributed by atoms with Crippen molar-refractivity contribution in [2.45, 2.75) is 6.61 Å². The van der Waals surface area contributed by atoms with Gasteiger partial charge in [0.2, 0.25) is 0 Å². The number of carboxylic acid groups (broad SMARTS) is 1. The minimum Gasteiger partial charge on any atom is -0.486 e. The summed E-state index contributed by atoms with van der Waals surface area (Å²) in [6.45, 7) is -0.408. The van der Waals surface area contributed by atoms with Crippen LogP contribution >= 0.6 is 0 Å². The molecule has 8 heteroatoms. The van der Waals surface area contributed by atoms with Gasteiger partial charge in [0.15, 0.2) is 11.4 Å². The molecule has 3 rings (SSSR count). The van der Waals surface area contributed by atoms with Gasteiger partial charge in [0, 0.05) is 24.9 Å². The van der Waals surface area contributed by atoms with E-state index in [9.17, 15) is 14.4 Å². The van der Waals surface area contributed by atoms with Crippen LogP contribution in [-0.2, 0) is 11.4 Å². The lowest BCUT2D eigenvalue weighted by Crippen LogP contribution is -2.31. The predicted octanol–water partition coefficient (Wildman–Crippen LogP) is 2.33. The molecule has 0 atom stereocenters. The third kappa shape index (κ3) is 4.54. The van der Waals surface area contributed by atoms with Gasteiger partial charge < -0.3 is 20.1 Å². The number of carbonyl (C=O) groups excluding carboxylic acids is 2. The highest BCUT2D eigenvalue weighted by Gasteiger charge is 2.24. The topological polar surface area (TPSA) is 109 Å². The van der Waals surface area contributed by atoms with Crippen LogP contribution in [0.15, 0.2) is 54.6 Å². The third-order valence-corrected chi connectivity index (χ3v) is 4.32. The number of ether oxygens (including phenoxy) is 1. The zero-order chi connectivity index (χ0) is 21.7. The lowest BCUT2D eigenvalue weighted by atomic mass is 10.1. The number of carbonyl (C=O) groups is 3. The average molecular weight is 407 g/mol. The summed E-state index contributed by atoms with van der Waals surface area (Å²) >= 11 is 0. The first-order chi connectivity index (χ1) is 14.4. The molecular weight excluding hydrogens is 386 g/mol. The highest BCUT2D eigenvalue weighted by atomic mass is 16.5. The SMILES string of the molecule is CN(C)C(=O)c1nc(C(=O)NCC(=O)O)c(OCc2ccccc2)c2ccccc12. The minimum atomic E-state index is -1.19. The minimum absolute atomic E-state index is 0.0862. The van der Waals surface area contributed by atoms with Crippen LogP contribution in [0, 0.1) is 0 Å². The summed E-state index contributed by atoms with van der Waals surface area (Å²) in [7, 11) is 3.17. The number of fused-ring (bicyclic) bond motifs is 1. The van der Waals surface area contributed by atoms with E-state index in [2.05, 4.69) is 10.3 Å². The van der Waals surface area contributed by atoms with Gasteiger partial charge in [0.25, 0.3) is 11.8 Å². The van der Waals surface area contributed by atoms with Gasteiger partial charge in [-0.25, -0.2) is 4.98 Å². The smallest absolute Gasteiger partial charge is 0.322 e. The number of carboxylic acids is 1. The Balaban J connectivity index is 2.13. The van der Waals surface area contributed by atoms with E-state index in [1.54, 1.807) is 38.4 Å². The Morgan fingerprint density at radius 3 is 2.23 bits per heavy atom. The largest absolute Gasteiger partial charge is 0.486 e. The molecule has 0 aliphatic heterocycles. The number of benzene rings is 2. The maximum Gasteiger partial charge on any atom is 0.322 e. The van der Waals surface area contributed by atoms with E-state index >= 15 is 0 Å². The van der Waals surface area contributed by atoms with Gasteiger partial charge in [0.1, 0.15) is 18.8 Å². The molecule has 0 aliphatic rings. The molecule has 0 unspecified atom stereocenters. The molecule has 0 fully saturated rings. The summed E-state index contributed by atoms with van der Waals surface area (Å²) in [6.07, 6.45) is 0. The van der Waals surface area contributed by atoms with Gasteiger partial charge in [-0.15, -0.1) is 0 Å². The second-order valence-corrected chi connectivity index (χ2v) is 6.73. The Morgan fingerprint density at radius 2 is 1.60 bits per heavy atom. The molecule has 2 aromatic carbocycles. The number of rotatable bonds is 7. The number of amides is 2. The summed E-state index contributed by atoms with van der Waals surface area (Å²) in [5, 5.41) is 12.3. The molecule has 2 N–H and O–H groups in total. The van der Waals surface area contributed by atoms with Crippen LogP contribution in [0.25, 0.3) is 10.8 Å². The molecule has 0 saturated carbocycles. The number of aromatic nitrogens is 1. The zero-order valence-corrected chi connectivity index (χ0v) is 16.6. The zero-order valence-electron chi connectivity index (χ0n) is 16.6. The Morgan fingerprint density at radius 1 is 0.967 bits per heavy atom. The first-order valence-electron chi connectivity index (χ1n) is 9.19. The predicted molar refractivity (Wildman–Crippen MR) is 111 cm³/mol. The van der Waals surface area contributed by atoms with Crippen LogP contribution in [-0.4, -0.2) is 53.4 Å². The Kier molecular flexibility index (Phi) is 6.26. The van der Waals surface area contributed by atoms with E-state index in [1.807, 2.05) is 30.3 Å². The van der Waals surface area contributed by atoms with Crippen LogP contribution in [0.4, 0.5) is 0 Å². The number of aliphatic carboxylic acids is 1. The van der Waals surface area contributed by atoms with Crippen molar-refractivity contribution in [3.63, 3.8) is 0 Å². The molecule has 30 heavy (non-hydrogen) atoms. The summed E-state index contributed by atoms with van der Waals surface area (Å²) < 4.78 is 5.96. The Hall–Kier alpha value is -3.94. The van der Waals surface area contributed by atoms with Crippen molar-refractivity contribution in [2.24, 2.45) is 0 Å². The van der Waals surface area contributed by atoms with Gasteiger partial charge in [0.05, 0.1) is 0 Å². The maximum atomic E-state index is 12.7. The fraction of sp³-hybridized carbons (Fsp3) is 0.182. The number of nitrogens with one attached hydrogen (secondary N) is 1. The normalized spacial score (nSPS) is 10.5. The summed E-state index contributed by atoms with van der Waals surface area (Å²) in [5.74, 6) is -2.12. The molecule has 2 amide bonds. The van der Waals surface area contributed by atoms with E-state index in [0.717, 1.165) is 5.56 Å². The van der Waals surface area contributed by atoms with Crippen molar-refractivity contribution < 1.29 is 24.2 Å². The van der Waals surface area contributed by atoms with Crippen LogP contribution in [0.2, 0.25) is 0 Å². The maximum absolute atomic E-state index is 12.7. The van der Waals surface area contributed by atoms with Gasteiger partial charge in [-0.3, -0.25) is 14.4 Å². The van der Waals surface area contributed by atoms with E-state index < -0.39 is 18.4 Å². The summed E-state index contributed by atoms with van der Waals surface area (Å²) in [4.78, 5) is 41.9. The summed E-state index contributed by atoms with van der Waals surface area (Å²) in [5.41, 5.74) is 0.825. The van der Waals surface area contributed by atoms with Crippen LogP contribution in [0.5, 0.6) is 5.75 Å². The van der Waals surface area contributed by atoms with Crippen LogP contribution < -0.4 is 10.1 Å². The van der Waals surface area contributed by atoms with Gasteiger partial charge in [-0.1, -0.05) is 54.6 Å². The standard InChI is InChI=1S/C22H21N3O5/c1-25(2)22(29)18-15-10-6-7-11-16(15)20(30-13-14-8-4-3-5-9-14)19(24-18)21(28)23-12-17(26)27/h3-11H,12-13H2,1-2H3,(H,23,28)(H,26,27). The molecule has 1 heterocycles. The van der Waals surface area contributed by atoms with Crippen molar-refractivity contribution in [3.8, 4) is 5.75 Å². The van der Waals surface area contributed by atoms with Crippen molar-refractivity contribution in [3.05, 3.63) is 71.5 Å². The lowest BCUT2D eigenvalue weighted by Gasteiger charge is -2.17. The van der Waals surface area contributed by atoms with Crippen molar-refractivity contribution in [2.75, 3.05) is 20.6 Å². The second kappa shape index (κ2) is 9.04. The van der Waals surface area contributed by atoms with E-state index in [1.165, 1.54) is 4.90 Å². The monoisotopic (exact) mass is 407 g/mol. The number of hydrogen-bond acceptors (Lipinski definition) is 5. The van der Waals surface area contributed by atoms with E-state index in [-0.39, 0.29) is 29.7 Å². The highest BCUT2D eigenvalue weighted by molar-refractivity contribution is 6.10. The molecule has 8 nitrogen and oxygen atoms in total. The first-order valence-corrected chi connectivity index (χ1v) is 9.19. The first kappa shape index (κ1) is 20.8. The van der Waals surface area contributed by atoms with Gasteiger partial charge in [-0.05, 0) is 5.56 Å². The molecule has 3 aromatic rings. The number of nitrogens with zero attached hydrogens (tertiary/aromatic N) is 2. The fourth-order valence-electron chi connectivity index (χ4n) is 2.88. The van der Waals surface area contributed by atoms with Gasteiger partial charge in [-0.2, -0.15) is 0 Å². The molecule has 0 saturated heterocycles. The van der Waals surface area contributed by atoms with Gasteiger partial charge >= 0.3 is 5.97 Å². The second-order valence-electron chi connectivity index (χ2n) is 6.73. The number of pyridine rings is 1. The van der Waals surface area contributed by atoms with E-state index in [4.69, 9.17) is 9.84 Å². The van der Waals surface area contributed by atoms with Crippen molar-refractivity contribution >= 4 is 28.6 Å². The molecule has 0 aliphatic carbocycles. The molecule has 154 valence electrons. The number of hydrogen-bond donors (Lipinski definition) is 2. The fourth-order valence-corrected chi connectivity index (χ4v) is 2.88. The molecule has 1 aromatic heterocycles. The molecule has 0 radical (unpaired) electrons. The Labute approximate surface area is 173 Å². The molecular formula is C22H21N3O5. The summed E-state index contributed by atoms with van der Waals surface area (Å²) in [6, 6.07) is 16.4. The van der Waals surface area contributed by atoms with Crippen molar-refractivity contribution in [1.82, 2.24) is 15.2 Å².